The van der Waals surface area contributed by atoms with E-state index < -0.39 is 0 Å². The number of hydrogen-bond acceptors (Lipinski definition) is 8. The molecule has 10 heteroatoms. The monoisotopic (exact) mass is 370 g/mol. The van der Waals surface area contributed by atoms with E-state index in [0.29, 0.717) is 23.7 Å². The van der Waals surface area contributed by atoms with Gasteiger partial charge in [-0.05, 0) is 37.5 Å². The van der Waals surface area contributed by atoms with Crippen LogP contribution < -0.4 is 4.90 Å². The van der Waals surface area contributed by atoms with E-state index >= 15 is 0 Å². The maximum atomic E-state index is 12.5. The van der Waals surface area contributed by atoms with E-state index in [1.54, 1.807) is 6.20 Å². The Morgan fingerprint density at radius 2 is 1.77 bits per heavy atom. The van der Waals surface area contributed by atoms with Gasteiger partial charge in [-0.3, -0.25) is 9.36 Å². The molecular weight excluding hydrogens is 352 g/mol. The van der Waals surface area contributed by atoms with E-state index in [-0.39, 0.29) is 5.91 Å². The van der Waals surface area contributed by atoms with Crippen molar-refractivity contribution in [2.45, 2.75) is 13.8 Å². The van der Waals surface area contributed by atoms with Gasteiger partial charge in [0.25, 0.3) is 5.91 Å². The van der Waals surface area contributed by atoms with Crippen LogP contribution in [0.15, 0.2) is 24.5 Å². The van der Waals surface area contributed by atoms with Crippen molar-refractivity contribution >= 4 is 23.3 Å². The Morgan fingerprint density at radius 1 is 1.04 bits per heavy atom. The fourth-order valence-corrected chi connectivity index (χ4v) is 3.57. The number of carbonyl (C=O) groups is 1. The second-order valence-electron chi connectivity index (χ2n) is 6.06. The molecule has 0 saturated carbocycles. The number of aryl methyl sites for hydroxylation is 2. The Balaban J connectivity index is 1.41. The molecule has 3 aromatic rings. The Kier molecular flexibility index (Phi) is 4.33. The summed E-state index contributed by atoms with van der Waals surface area (Å²) in [5.41, 5.74) is 0.693. The van der Waals surface area contributed by atoms with Crippen molar-refractivity contribution in [3.8, 4) is 5.82 Å². The maximum Gasteiger partial charge on any atom is 0.267 e. The summed E-state index contributed by atoms with van der Waals surface area (Å²) in [6.45, 7) is 6.45. The third-order valence-corrected chi connectivity index (χ3v) is 5.26. The molecule has 1 saturated heterocycles. The van der Waals surface area contributed by atoms with Crippen LogP contribution >= 0.6 is 11.5 Å². The van der Waals surface area contributed by atoms with Crippen molar-refractivity contribution in [1.82, 2.24) is 34.2 Å². The van der Waals surface area contributed by atoms with Crippen LogP contribution in [0.2, 0.25) is 0 Å². The van der Waals surface area contributed by atoms with Gasteiger partial charge in [-0.1, -0.05) is 4.49 Å². The molecule has 0 N–H and O–H groups in total. The highest BCUT2D eigenvalue weighted by atomic mass is 32.1. The zero-order chi connectivity index (χ0) is 18.1. The molecular formula is C16H18N8OS. The number of hydrogen-bond donors (Lipinski definition) is 0. The lowest BCUT2D eigenvalue weighted by atomic mass is 10.2. The number of piperazine rings is 1. The van der Waals surface area contributed by atoms with Crippen LogP contribution in [0.25, 0.3) is 5.82 Å². The number of anilines is 1. The van der Waals surface area contributed by atoms with Crippen LogP contribution in [-0.4, -0.2) is 66.3 Å². The summed E-state index contributed by atoms with van der Waals surface area (Å²) in [6, 6.07) is 3.89. The summed E-state index contributed by atoms with van der Waals surface area (Å²) < 4.78 is 5.73. The predicted octanol–water partition coefficient (Wildman–Crippen LogP) is 1.09. The molecule has 4 heterocycles. The number of nitrogens with zero attached hydrogens (tertiary/aromatic N) is 8. The first kappa shape index (κ1) is 16.6. The molecule has 1 aliphatic rings. The van der Waals surface area contributed by atoms with Crippen molar-refractivity contribution in [3.05, 3.63) is 40.9 Å². The summed E-state index contributed by atoms with van der Waals surface area (Å²) >= 11 is 1.15. The Hall–Kier alpha value is -2.88. The van der Waals surface area contributed by atoms with Crippen molar-refractivity contribution in [3.63, 3.8) is 0 Å². The topological polar surface area (TPSA) is 92.9 Å². The van der Waals surface area contributed by atoms with Crippen molar-refractivity contribution in [1.29, 1.82) is 0 Å². The Labute approximate surface area is 154 Å². The zero-order valence-electron chi connectivity index (χ0n) is 14.5. The average Bonchev–Trinajstić information content (AvgIpc) is 3.29. The van der Waals surface area contributed by atoms with E-state index in [4.69, 9.17) is 0 Å². The minimum absolute atomic E-state index is 0.00849. The molecule has 4 rings (SSSR count). The van der Waals surface area contributed by atoms with Crippen LogP contribution in [-0.2, 0) is 0 Å². The molecule has 0 aliphatic carbocycles. The number of aromatic nitrogens is 6. The smallest absolute Gasteiger partial charge is 0.267 e. The van der Waals surface area contributed by atoms with E-state index in [1.807, 2.05) is 41.6 Å². The van der Waals surface area contributed by atoms with Crippen LogP contribution in [0.5, 0.6) is 0 Å². The van der Waals surface area contributed by atoms with E-state index in [0.717, 1.165) is 42.1 Å². The standard InChI is InChI=1S/C16H18N8OS/c1-11-15(26-21-18-11)16(25)23-9-7-22(8-10-23)13-3-4-14(20-19-13)24-6-5-17-12(24)2/h3-6H,7-10H2,1-2H3. The third kappa shape index (κ3) is 3.03. The molecule has 0 unspecified atom stereocenters. The molecule has 0 aromatic carbocycles. The highest BCUT2D eigenvalue weighted by molar-refractivity contribution is 7.07. The molecule has 1 amide bonds. The minimum Gasteiger partial charge on any atom is -0.352 e. The van der Waals surface area contributed by atoms with Gasteiger partial charge in [0.1, 0.15) is 10.7 Å². The highest BCUT2D eigenvalue weighted by Gasteiger charge is 2.25. The van der Waals surface area contributed by atoms with Gasteiger partial charge in [-0.2, -0.15) is 0 Å². The molecule has 1 fully saturated rings. The maximum absolute atomic E-state index is 12.5. The lowest BCUT2D eigenvalue weighted by molar-refractivity contribution is 0.0750. The molecule has 134 valence electrons. The fourth-order valence-electron chi connectivity index (χ4n) is 2.95. The summed E-state index contributed by atoms with van der Waals surface area (Å²) in [7, 11) is 0. The van der Waals surface area contributed by atoms with Crippen LogP contribution in [0.4, 0.5) is 5.82 Å². The summed E-state index contributed by atoms with van der Waals surface area (Å²) in [4.78, 5) is 21.3. The third-order valence-electron chi connectivity index (χ3n) is 4.45. The normalized spacial score (nSPS) is 14.7. The zero-order valence-corrected chi connectivity index (χ0v) is 15.3. The largest absolute Gasteiger partial charge is 0.352 e. The molecule has 0 radical (unpaired) electrons. The van der Waals surface area contributed by atoms with Gasteiger partial charge in [-0.25, -0.2) is 4.98 Å². The second kappa shape index (κ2) is 6.79. The summed E-state index contributed by atoms with van der Waals surface area (Å²) in [5, 5.41) is 12.6. The molecule has 3 aromatic heterocycles. The van der Waals surface area contributed by atoms with Gasteiger partial charge in [0.05, 0.1) is 5.69 Å². The number of rotatable bonds is 3. The Bertz CT molecular complexity index is 910. The lowest BCUT2D eigenvalue weighted by Crippen LogP contribution is -2.49. The first-order valence-electron chi connectivity index (χ1n) is 8.31. The molecule has 1 aliphatic heterocycles. The average molecular weight is 370 g/mol. The number of carbonyl (C=O) groups excluding carboxylic acids is 1. The van der Waals surface area contributed by atoms with Gasteiger partial charge < -0.3 is 9.80 Å². The lowest BCUT2D eigenvalue weighted by Gasteiger charge is -2.34. The van der Waals surface area contributed by atoms with Gasteiger partial charge in [0.2, 0.25) is 0 Å². The number of amides is 1. The van der Waals surface area contributed by atoms with E-state index in [9.17, 15) is 4.79 Å². The summed E-state index contributed by atoms with van der Waals surface area (Å²) in [5.74, 6) is 2.43. The highest BCUT2D eigenvalue weighted by Crippen LogP contribution is 2.18. The van der Waals surface area contributed by atoms with Crippen molar-refractivity contribution in [2.24, 2.45) is 0 Å². The SMILES string of the molecule is Cc1nnsc1C(=O)N1CCN(c2ccc(-n3ccnc3C)nn2)CC1. The predicted molar refractivity (Wildman–Crippen MR) is 96.7 cm³/mol. The molecule has 0 spiro atoms. The Morgan fingerprint density at radius 3 is 2.35 bits per heavy atom. The molecule has 0 atom stereocenters. The van der Waals surface area contributed by atoms with Gasteiger partial charge in [-0.15, -0.1) is 15.3 Å². The van der Waals surface area contributed by atoms with Crippen molar-refractivity contribution in [2.75, 3.05) is 31.1 Å². The fraction of sp³-hybridized carbons (Fsp3) is 0.375. The summed E-state index contributed by atoms with van der Waals surface area (Å²) in [6.07, 6.45) is 3.60. The molecule has 0 bridgehead atoms. The van der Waals surface area contributed by atoms with E-state index in [2.05, 4.69) is 29.7 Å². The van der Waals surface area contributed by atoms with Gasteiger partial charge in [0, 0.05) is 38.6 Å². The first-order valence-corrected chi connectivity index (χ1v) is 9.08. The minimum atomic E-state index is 0.00849. The molecule has 9 nitrogen and oxygen atoms in total. The van der Waals surface area contributed by atoms with Crippen LogP contribution in [0.3, 0.4) is 0 Å². The van der Waals surface area contributed by atoms with Gasteiger partial charge >= 0.3 is 0 Å². The van der Waals surface area contributed by atoms with Gasteiger partial charge in [0.15, 0.2) is 11.6 Å². The second-order valence-corrected chi connectivity index (χ2v) is 6.82. The van der Waals surface area contributed by atoms with Crippen LogP contribution in [0, 0.1) is 13.8 Å². The molecule has 26 heavy (non-hydrogen) atoms. The first-order chi connectivity index (χ1) is 12.6. The van der Waals surface area contributed by atoms with Crippen LogP contribution in [0.1, 0.15) is 21.2 Å². The quantitative estimate of drug-likeness (QED) is 0.681. The number of imidazole rings is 1. The van der Waals surface area contributed by atoms with Crippen molar-refractivity contribution < 1.29 is 4.79 Å². The van der Waals surface area contributed by atoms with E-state index in [1.165, 1.54) is 0 Å².